The van der Waals surface area contributed by atoms with Crippen LogP contribution in [0.2, 0.25) is 0 Å². The van der Waals surface area contributed by atoms with Crippen LogP contribution in [0.4, 0.5) is 0 Å². The van der Waals surface area contributed by atoms with Crippen molar-refractivity contribution in [2.24, 2.45) is 5.41 Å². The lowest BCUT2D eigenvalue weighted by molar-refractivity contribution is -0.135. The van der Waals surface area contributed by atoms with Crippen LogP contribution in [0, 0.1) is 5.41 Å². The zero-order valence-corrected chi connectivity index (χ0v) is 13.2. The quantitative estimate of drug-likeness (QED) is 0.915. The first-order valence-corrected chi connectivity index (χ1v) is 7.40. The van der Waals surface area contributed by atoms with Crippen LogP contribution in [0.25, 0.3) is 11.1 Å². The molecule has 0 aliphatic heterocycles. The van der Waals surface area contributed by atoms with Crippen LogP contribution in [-0.2, 0) is 4.79 Å². The van der Waals surface area contributed by atoms with Crippen molar-refractivity contribution in [2.75, 3.05) is 6.61 Å². The fourth-order valence-electron chi connectivity index (χ4n) is 2.24. The maximum atomic E-state index is 12.4. The fourth-order valence-corrected chi connectivity index (χ4v) is 2.24. The van der Waals surface area contributed by atoms with Crippen LogP contribution >= 0.6 is 0 Å². The minimum Gasteiger partial charge on any atom is -0.480 e. The summed E-state index contributed by atoms with van der Waals surface area (Å²) in [5.74, 6) is 0.489. The lowest BCUT2D eigenvalue weighted by atomic mass is 9.87. The van der Waals surface area contributed by atoms with Gasteiger partial charge in [-0.25, -0.2) is 0 Å². The van der Waals surface area contributed by atoms with E-state index >= 15 is 0 Å². The van der Waals surface area contributed by atoms with E-state index in [0.717, 1.165) is 11.1 Å². The Bertz CT molecular complexity index is 627. The smallest absolute Gasteiger partial charge is 0.180 e. The summed E-state index contributed by atoms with van der Waals surface area (Å²) in [4.78, 5) is 12.4. The molecule has 0 amide bonds. The predicted molar refractivity (Wildman–Crippen MR) is 87.8 cm³/mol. The van der Waals surface area contributed by atoms with E-state index in [1.165, 1.54) is 0 Å². The summed E-state index contributed by atoms with van der Waals surface area (Å²) in [5, 5.41) is 9.54. The van der Waals surface area contributed by atoms with Crippen LogP contribution in [0.5, 0.6) is 5.75 Å². The van der Waals surface area contributed by atoms with Crippen molar-refractivity contribution in [1.29, 1.82) is 0 Å². The third-order valence-corrected chi connectivity index (χ3v) is 3.44. The normalized spacial score (nSPS) is 12.7. The molecule has 0 aromatic heterocycles. The fraction of sp³-hybridized carbons (Fsp3) is 0.316. The zero-order chi connectivity index (χ0) is 16.2. The van der Waals surface area contributed by atoms with Gasteiger partial charge in [0.15, 0.2) is 11.9 Å². The molecule has 0 bridgehead atoms. The Morgan fingerprint density at radius 3 is 2.23 bits per heavy atom. The van der Waals surface area contributed by atoms with Gasteiger partial charge in [-0.15, -0.1) is 0 Å². The van der Waals surface area contributed by atoms with E-state index in [4.69, 9.17) is 4.74 Å². The SMILES string of the molecule is CC(C)(C)C(=O)C(CO)Oc1ccccc1-c1ccccc1. The number of para-hydroxylation sites is 1. The van der Waals surface area contributed by atoms with E-state index in [1.54, 1.807) is 0 Å². The molecule has 3 nitrogen and oxygen atoms in total. The van der Waals surface area contributed by atoms with Crippen LogP contribution in [0.15, 0.2) is 54.6 Å². The van der Waals surface area contributed by atoms with Crippen LogP contribution in [0.1, 0.15) is 20.8 Å². The zero-order valence-electron chi connectivity index (χ0n) is 13.2. The number of benzene rings is 2. The van der Waals surface area contributed by atoms with E-state index in [0.29, 0.717) is 5.75 Å². The molecule has 3 heteroatoms. The Labute approximate surface area is 131 Å². The second-order valence-corrected chi connectivity index (χ2v) is 6.27. The standard InChI is InChI=1S/C19H22O3/c1-19(2,3)18(21)17(13-20)22-16-12-8-7-11-15(16)14-9-5-4-6-10-14/h4-12,17,20H,13H2,1-3H3. The molecule has 116 valence electrons. The minimum atomic E-state index is -0.857. The predicted octanol–water partition coefficient (Wildman–Crippen LogP) is 3.71. The number of ketones is 1. The molecule has 2 rings (SSSR count). The minimum absolute atomic E-state index is 0.113. The topological polar surface area (TPSA) is 46.5 Å². The van der Waals surface area contributed by atoms with Crippen LogP contribution in [0.3, 0.4) is 0 Å². The van der Waals surface area contributed by atoms with E-state index in [9.17, 15) is 9.90 Å². The second-order valence-electron chi connectivity index (χ2n) is 6.27. The van der Waals surface area contributed by atoms with Gasteiger partial charge in [-0.1, -0.05) is 69.3 Å². The number of Topliss-reactive ketones (excluding diaryl/α,β-unsaturated/α-hetero) is 1. The molecule has 0 heterocycles. The number of aliphatic hydroxyl groups is 1. The maximum absolute atomic E-state index is 12.4. The molecule has 2 aromatic rings. The van der Waals surface area contributed by atoms with Gasteiger partial charge in [-0.2, -0.15) is 0 Å². The third kappa shape index (κ3) is 3.74. The van der Waals surface area contributed by atoms with Gasteiger partial charge in [0.2, 0.25) is 0 Å². The van der Waals surface area contributed by atoms with Crippen molar-refractivity contribution in [3.8, 4) is 16.9 Å². The summed E-state index contributed by atoms with van der Waals surface area (Å²) in [6.45, 7) is 5.14. The van der Waals surface area contributed by atoms with Gasteiger partial charge in [0.25, 0.3) is 0 Å². The Balaban J connectivity index is 2.32. The van der Waals surface area contributed by atoms with Crippen LogP contribution in [-0.4, -0.2) is 23.6 Å². The molecule has 0 fully saturated rings. The lowest BCUT2D eigenvalue weighted by Crippen LogP contribution is -2.39. The first-order chi connectivity index (χ1) is 10.4. The Morgan fingerprint density at radius 2 is 1.64 bits per heavy atom. The van der Waals surface area contributed by atoms with E-state index in [1.807, 2.05) is 75.4 Å². The highest BCUT2D eigenvalue weighted by molar-refractivity contribution is 5.88. The maximum Gasteiger partial charge on any atom is 0.180 e. The molecular formula is C19H22O3. The van der Waals surface area contributed by atoms with Gasteiger partial charge in [-0.05, 0) is 11.6 Å². The molecule has 0 aliphatic rings. The molecule has 0 aliphatic carbocycles. The van der Waals surface area contributed by atoms with Crippen molar-refractivity contribution in [3.63, 3.8) is 0 Å². The number of hydrogen-bond acceptors (Lipinski definition) is 3. The molecule has 22 heavy (non-hydrogen) atoms. The third-order valence-electron chi connectivity index (χ3n) is 3.44. The van der Waals surface area contributed by atoms with Gasteiger partial charge >= 0.3 is 0 Å². The molecule has 1 atom stereocenters. The summed E-state index contributed by atoms with van der Waals surface area (Å²) < 4.78 is 5.84. The van der Waals surface area contributed by atoms with Gasteiger partial charge in [0.05, 0.1) is 6.61 Å². The van der Waals surface area contributed by atoms with E-state index in [-0.39, 0.29) is 12.4 Å². The molecule has 2 aromatic carbocycles. The highest BCUT2D eigenvalue weighted by atomic mass is 16.5. The number of carbonyl (C=O) groups excluding carboxylic acids is 1. The number of carbonyl (C=O) groups is 1. The highest BCUT2D eigenvalue weighted by Crippen LogP contribution is 2.31. The lowest BCUT2D eigenvalue weighted by Gasteiger charge is -2.25. The number of hydrogen-bond donors (Lipinski definition) is 1. The van der Waals surface area contributed by atoms with Gasteiger partial charge in [0, 0.05) is 11.0 Å². The number of ether oxygens (including phenoxy) is 1. The first kappa shape index (κ1) is 16.2. The van der Waals surface area contributed by atoms with E-state index < -0.39 is 11.5 Å². The largest absolute Gasteiger partial charge is 0.480 e. The summed E-state index contributed by atoms with van der Waals surface area (Å²) in [5.41, 5.74) is 1.36. The number of rotatable bonds is 5. The molecule has 0 saturated heterocycles. The summed E-state index contributed by atoms with van der Waals surface area (Å²) in [6.07, 6.45) is -0.857. The molecule has 1 N–H and O–H groups in total. The van der Waals surface area contributed by atoms with Gasteiger partial charge in [-0.3, -0.25) is 4.79 Å². The van der Waals surface area contributed by atoms with Crippen molar-refractivity contribution >= 4 is 5.78 Å². The van der Waals surface area contributed by atoms with Crippen molar-refractivity contribution in [1.82, 2.24) is 0 Å². The summed E-state index contributed by atoms with van der Waals surface area (Å²) in [6, 6.07) is 17.4. The van der Waals surface area contributed by atoms with E-state index in [2.05, 4.69) is 0 Å². The summed E-state index contributed by atoms with van der Waals surface area (Å²) >= 11 is 0. The van der Waals surface area contributed by atoms with Gasteiger partial charge in [0.1, 0.15) is 5.75 Å². The molecule has 0 radical (unpaired) electrons. The highest BCUT2D eigenvalue weighted by Gasteiger charge is 2.31. The molecular weight excluding hydrogens is 276 g/mol. The van der Waals surface area contributed by atoms with Crippen LogP contribution < -0.4 is 4.74 Å². The summed E-state index contributed by atoms with van der Waals surface area (Å²) in [7, 11) is 0. The average Bonchev–Trinajstić information content (AvgIpc) is 2.52. The van der Waals surface area contributed by atoms with Crippen molar-refractivity contribution < 1.29 is 14.6 Å². The first-order valence-electron chi connectivity index (χ1n) is 7.40. The average molecular weight is 298 g/mol. The second kappa shape index (κ2) is 6.75. The Hall–Kier alpha value is -2.13. The van der Waals surface area contributed by atoms with Gasteiger partial charge < -0.3 is 9.84 Å². The number of aliphatic hydroxyl groups excluding tert-OH is 1. The molecule has 0 saturated carbocycles. The Kier molecular flexibility index (Phi) is 4.99. The molecule has 0 spiro atoms. The Morgan fingerprint density at radius 1 is 1.05 bits per heavy atom. The van der Waals surface area contributed by atoms with Crippen molar-refractivity contribution in [3.05, 3.63) is 54.6 Å². The molecule has 1 unspecified atom stereocenters. The monoisotopic (exact) mass is 298 g/mol. The van der Waals surface area contributed by atoms with Crippen molar-refractivity contribution in [2.45, 2.75) is 26.9 Å².